The van der Waals surface area contributed by atoms with Crippen LogP contribution < -0.4 is 5.32 Å². The molecule has 1 amide bonds. The average molecular weight is 274 g/mol. The number of nitrogens with one attached hydrogen (secondary N) is 1. The molecule has 0 unspecified atom stereocenters. The lowest BCUT2D eigenvalue weighted by molar-refractivity contribution is 0.0772. The van der Waals surface area contributed by atoms with E-state index in [9.17, 15) is 4.79 Å². The lowest BCUT2D eigenvalue weighted by atomic mass is 10.0. The van der Waals surface area contributed by atoms with E-state index in [-0.39, 0.29) is 5.91 Å². The van der Waals surface area contributed by atoms with Gasteiger partial charge in [0.2, 0.25) is 0 Å². The highest BCUT2D eigenvalue weighted by Crippen LogP contribution is 2.25. The van der Waals surface area contributed by atoms with Gasteiger partial charge in [-0.1, -0.05) is 31.0 Å². The first-order valence-corrected chi connectivity index (χ1v) is 7.70. The normalized spacial score (nSPS) is 15.5. The van der Waals surface area contributed by atoms with Crippen LogP contribution in [0, 0.1) is 5.92 Å². The van der Waals surface area contributed by atoms with Crippen molar-refractivity contribution in [2.24, 2.45) is 5.92 Å². The largest absolute Gasteiger partial charge is 0.341 e. The zero-order valence-corrected chi connectivity index (χ0v) is 12.7. The summed E-state index contributed by atoms with van der Waals surface area (Å²) in [6, 6.07) is 7.99. The van der Waals surface area contributed by atoms with Gasteiger partial charge in [-0.05, 0) is 50.4 Å². The number of likely N-dealkylation sites (N-methyl/N-ethyl adjacent to an activating group) is 1. The van der Waals surface area contributed by atoms with Gasteiger partial charge >= 0.3 is 0 Å². The minimum atomic E-state index is 0.170. The molecule has 0 bridgehead atoms. The monoisotopic (exact) mass is 274 g/mol. The first-order chi connectivity index (χ1) is 9.72. The molecule has 110 valence electrons. The molecule has 0 spiro atoms. The van der Waals surface area contributed by atoms with Gasteiger partial charge in [-0.3, -0.25) is 4.79 Å². The molecule has 1 saturated carbocycles. The van der Waals surface area contributed by atoms with E-state index in [1.54, 1.807) is 0 Å². The van der Waals surface area contributed by atoms with E-state index in [1.165, 1.54) is 25.7 Å². The number of hydrogen-bond donors (Lipinski definition) is 1. The van der Waals surface area contributed by atoms with Crippen LogP contribution in [-0.2, 0) is 6.42 Å². The van der Waals surface area contributed by atoms with Crippen LogP contribution in [0.5, 0.6) is 0 Å². The van der Waals surface area contributed by atoms with Crippen LogP contribution in [0.3, 0.4) is 0 Å². The van der Waals surface area contributed by atoms with Gasteiger partial charge < -0.3 is 10.2 Å². The van der Waals surface area contributed by atoms with E-state index in [1.807, 2.05) is 37.2 Å². The van der Waals surface area contributed by atoms with Crippen molar-refractivity contribution in [3.8, 4) is 0 Å². The molecule has 0 atom stereocenters. The van der Waals surface area contributed by atoms with E-state index < -0.39 is 0 Å². The Balaban J connectivity index is 2.03. The minimum absolute atomic E-state index is 0.170. The van der Waals surface area contributed by atoms with Crippen molar-refractivity contribution in [1.82, 2.24) is 10.2 Å². The molecule has 3 heteroatoms. The molecular weight excluding hydrogens is 248 g/mol. The van der Waals surface area contributed by atoms with E-state index in [0.29, 0.717) is 5.92 Å². The van der Waals surface area contributed by atoms with Crippen LogP contribution in [0.1, 0.15) is 41.6 Å². The zero-order valence-electron chi connectivity index (χ0n) is 12.7. The van der Waals surface area contributed by atoms with Gasteiger partial charge in [0.1, 0.15) is 0 Å². The van der Waals surface area contributed by atoms with Gasteiger partial charge in [0.15, 0.2) is 0 Å². The molecule has 0 heterocycles. The van der Waals surface area contributed by atoms with Crippen LogP contribution in [0.15, 0.2) is 24.3 Å². The minimum Gasteiger partial charge on any atom is -0.341 e. The number of benzene rings is 1. The van der Waals surface area contributed by atoms with Gasteiger partial charge in [-0.2, -0.15) is 0 Å². The maximum absolute atomic E-state index is 12.6. The third-order valence-electron chi connectivity index (χ3n) is 4.25. The fourth-order valence-corrected chi connectivity index (χ4v) is 3.08. The summed E-state index contributed by atoms with van der Waals surface area (Å²) in [5.74, 6) is 0.872. The van der Waals surface area contributed by atoms with Crippen molar-refractivity contribution in [2.45, 2.75) is 32.1 Å². The Kier molecular flexibility index (Phi) is 5.60. The van der Waals surface area contributed by atoms with Crippen LogP contribution in [-0.4, -0.2) is 38.0 Å². The van der Waals surface area contributed by atoms with Crippen molar-refractivity contribution < 1.29 is 4.79 Å². The Morgan fingerprint density at radius 2 is 2.00 bits per heavy atom. The Morgan fingerprint density at radius 3 is 2.70 bits per heavy atom. The second kappa shape index (κ2) is 7.44. The van der Waals surface area contributed by atoms with Crippen molar-refractivity contribution in [2.75, 3.05) is 27.2 Å². The summed E-state index contributed by atoms with van der Waals surface area (Å²) in [5.41, 5.74) is 2.01. The number of carbonyl (C=O) groups excluding carboxylic acids is 1. The quantitative estimate of drug-likeness (QED) is 0.865. The molecule has 1 aromatic carbocycles. The second-order valence-corrected chi connectivity index (χ2v) is 5.85. The molecule has 0 aliphatic heterocycles. The Hall–Kier alpha value is -1.35. The number of carbonyl (C=O) groups is 1. The van der Waals surface area contributed by atoms with Gasteiger partial charge in [0.25, 0.3) is 5.91 Å². The van der Waals surface area contributed by atoms with Crippen molar-refractivity contribution in [1.29, 1.82) is 0 Å². The van der Waals surface area contributed by atoms with Gasteiger partial charge in [-0.15, -0.1) is 0 Å². The Labute approximate surface area is 122 Å². The molecular formula is C17H26N2O. The van der Waals surface area contributed by atoms with E-state index in [0.717, 1.165) is 30.6 Å². The topological polar surface area (TPSA) is 32.3 Å². The molecule has 1 aliphatic carbocycles. The standard InChI is InChI=1S/C17H26N2O/c1-18-12-11-15-9-5-6-10-16(15)17(20)19(2)13-14-7-3-4-8-14/h5-6,9-10,14,18H,3-4,7-8,11-13H2,1-2H3. The maximum atomic E-state index is 12.6. The number of rotatable bonds is 6. The maximum Gasteiger partial charge on any atom is 0.253 e. The molecule has 1 aliphatic rings. The first kappa shape index (κ1) is 15.0. The number of amides is 1. The summed E-state index contributed by atoms with van der Waals surface area (Å²) in [5, 5.41) is 3.15. The molecule has 20 heavy (non-hydrogen) atoms. The Morgan fingerprint density at radius 1 is 1.30 bits per heavy atom. The molecule has 1 aromatic rings. The molecule has 0 aromatic heterocycles. The summed E-state index contributed by atoms with van der Waals surface area (Å²) in [4.78, 5) is 14.5. The van der Waals surface area contributed by atoms with Gasteiger partial charge in [0.05, 0.1) is 0 Å². The number of hydrogen-bond acceptors (Lipinski definition) is 2. The van der Waals surface area contributed by atoms with Crippen LogP contribution in [0.25, 0.3) is 0 Å². The Bertz CT molecular complexity index is 438. The number of nitrogens with zero attached hydrogens (tertiary/aromatic N) is 1. The van der Waals surface area contributed by atoms with E-state index in [4.69, 9.17) is 0 Å². The highest BCUT2D eigenvalue weighted by Gasteiger charge is 2.21. The SMILES string of the molecule is CNCCc1ccccc1C(=O)N(C)CC1CCCC1. The lowest BCUT2D eigenvalue weighted by Gasteiger charge is -2.22. The highest BCUT2D eigenvalue weighted by atomic mass is 16.2. The summed E-state index contributed by atoms with van der Waals surface area (Å²) >= 11 is 0. The average Bonchev–Trinajstić information content (AvgIpc) is 2.97. The van der Waals surface area contributed by atoms with Crippen LogP contribution in [0.4, 0.5) is 0 Å². The predicted molar refractivity (Wildman–Crippen MR) is 83.0 cm³/mol. The van der Waals surface area contributed by atoms with E-state index in [2.05, 4.69) is 11.4 Å². The molecule has 2 rings (SSSR count). The van der Waals surface area contributed by atoms with Gasteiger partial charge in [-0.25, -0.2) is 0 Å². The van der Waals surface area contributed by atoms with Crippen molar-refractivity contribution in [3.63, 3.8) is 0 Å². The third kappa shape index (κ3) is 3.83. The summed E-state index contributed by atoms with van der Waals surface area (Å²) in [6.45, 7) is 1.80. The second-order valence-electron chi connectivity index (χ2n) is 5.85. The first-order valence-electron chi connectivity index (χ1n) is 7.70. The lowest BCUT2D eigenvalue weighted by Crippen LogP contribution is -2.32. The van der Waals surface area contributed by atoms with E-state index >= 15 is 0 Å². The van der Waals surface area contributed by atoms with Crippen molar-refractivity contribution in [3.05, 3.63) is 35.4 Å². The summed E-state index contributed by atoms with van der Waals surface area (Å²) < 4.78 is 0. The van der Waals surface area contributed by atoms with Crippen molar-refractivity contribution >= 4 is 5.91 Å². The zero-order chi connectivity index (χ0) is 14.4. The smallest absolute Gasteiger partial charge is 0.253 e. The predicted octanol–water partition coefficient (Wildman–Crippen LogP) is 2.71. The summed E-state index contributed by atoms with van der Waals surface area (Å²) in [7, 11) is 3.88. The van der Waals surface area contributed by atoms with Crippen LogP contribution >= 0.6 is 0 Å². The fraction of sp³-hybridized carbons (Fsp3) is 0.588. The molecule has 0 saturated heterocycles. The highest BCUT2D eigenvalue weighted by molar-refractivity contribution is 5.95. The fourth-order valence-electron chi connectivity index (χ4n) is 3.08. The third-order valence-corrected chi connectivity index (χ3v) is 4.25. The molecule has 1 N–H and O–H groups in total. The van der Waals surface area contributed by atoms with Gasteiger partial charge in [0, 0.05) is 19.2 Å². The summed E-state index contributed by atoms with van der Waals surface area (Å²) in [6.07, 6.45) is 6.10. The molecule has 1 fully saturated rings. The molecule has 0 radical (unpaired) electrons. The van der Waals surface area contributed by atoms with Crippen LogP contribution in [0.2, 0.25) is 0 Å². The molecule has 3 nitrogen and oxygen atoms in total.